The van der Waals surface area contributed by atoms with E-state index in [-0.39, 0.29) is 0 Å². The first-order chi connectivity index (χ1) is 8.29. The monoisotopic (exact) mass is 233 g/mol. The second kappa shape index (κ2) is 7.66. The molecular weight excluding hydrogens is 214 g/mol. The van der Waals surface area contributed by atoms with E-state index in [9.17, 15) is 0 Å². The number of aryl methyl sites for hydroxylation is 1. The lowest BCUT2D eigenvalue weighted by molar-refractivity contribution is 0.200. The summed E-state index contributed by atoms with van der Waals surface area (Å²) < 4.78 is 4.94. The first-order valence-electron chi connectivity index (χ1n) is 5.73. The summed E-state index contributed by atoms with van der Waals surface area (Å²) in [7, 11) is 1.69. The van der Waals surface area contributed by atoms with Crippen LogP contribution >= 0.6 is 0 Å². The minimum Gasteiger partial charge on any atom is -0.383 e. The number of nitrogens with zero attached hydrogens (tertiary/aromatic N) is 1. The van der Waals surface area contributed by atoms with Crippen LogP contribution < -0.4 is 10.6 Å². The number of nitriles is 1. The van der Waals surface area contributed by atoms with Gasteiger partial charge in [-0.25, -0.2) is 0 Å². The molecule has 0 aliphatic carbocycles. The Hall–Kier alpha value is -1.57. The average Bonchev–Trinajstić information content (AvgIpc) is 2.35. The second-order valence-electron chi connectivity index (χ2n) is 3.78. The van der Waals surface area contributed by atoms with Gasteiger partial charge in [-0.15, -0.1) is 0 Å². The Morgan fingerprint density at radius 3 is 2.82 bits per heavy atom. The summed E-state index contributed by atoms with van der Waals surface area (Å²) in [6, 6.07) is 7.92. The Morgan fingerprint density at radius 2 is 2.12 bits per heavy atom. The van der Waals surface area contributed by atoms with Gasteiger partial charge in [-0.3, -0.25) is 0 Å². The Balaban J connectivity index is 2.39. The van der Waals surface area contributed by atoms with Crippen molar-refractivity contribution in [3.05, 3.63) is 29.3 Å². The maximum Gasteiger partial charge on any atom is 0.101 e. The molecule has 1 aromatic carbocycles. The molecule has 0 aliphatic rings. The van der Waals surface area contributed by atoms with E-state index in [1.807, 2.05) is 25.1 Å². The van der Waals surface area contributed by atoms with Crippen LogP contribution in [-0.4, -0.2) is 33.4 Å². The zero-order valence-electron chi connectivity index (χ0n) is 10.4. The van der Waals surface area contributed by atoms with Gasteiger partial charge in [0.05, 0.1) is 17.9 Å². The maximum absolute atomic E-state index is 8.99. The van der Waals surface area contributed by atoms with Crippen molar-refractivity contribution in [1.29, 1.82) is 5.26 Å². The molecule has 0 saturated carbocycles. The molecule has 0 aromatic heterocycles. The molecular formula is C13H19N3O. The van der Waals surface area contributed by atoms with Gasteiger partial charge >= 0.3 is 0 Å². The van der Waals surface area contributed by atoms with Crippen molar-refractivity contribution in [2.45, 2.75) is 6.92 Å². The highest BCUT2D eigenvalue weighted by Crippen LogP contribution is 2.18. The molecule has 17 heavy (non-hydrogen) atoms. The Morgan fingerprint density at radius 1 is 1.29 bits per heavy atom. The highest BCUT2D eigenvalue weighted by molar-refractivity contribution is 5.62. The Kier molecular flexibility index (Phi) is 6.08. The number of rotatable bonds is 7. The molecule has 92 valence electrons. The standard InChI is InChI=1S/C13H19N3O/c1-11-4-3-5-12(10-14)13(11)16-7-6-15-8-9-17-2/h3-5,15-16H,6-9H2,1-2H3. The van der Waals surface area contributed by atoms with E-state index in [1.54, 1.807) is 7.11 Å². The molecule has 0 radical (unpaired) electrons. The van der Waals surface area contributed by atoms with Crippen molar-refractivity contribution in [1.82, 2.24) is 5.32 Å². The molecule has 0 aliphatic heterocycles. The quantitative estimate of drug-likeness (QED) is 0.701. The fraction of sp³-hybridized carbons (Fsp3) is 0.462. The van der Waals surface area contributed by atoms with Gasteiger partial charge in [0, 0.05) is 26.7 Å². The summed E-state index contributed by atoms with van der Waals surface area (Å²) in [6.45, 7) is 5.21. The summed E-state index contributed by atoms with van der Waals surface area (Å²) in [6.07, 6.45) is 0. The maximum atomic E-state index is 8.99. The number of methoxy groups -OCH3 is 1. The first-order valence-corrected chi connectivity index (χ1v) is 5.73. The number of ether oxygens (including phenoxy) is 1. The molecule has 0 heterocycles. The Labute approximate surface area is 103 Å². The third kappa shape index (κ3) is 4.43. The van der Waals surface area contributed by atoms with Crippen LogP contribution in [0.1, 0.15) is 11.1 Å². The summed E-state index contributed by atoms with van der Waals surface area (Å²) in [5.74, 6) is 0. The fourth-order valence-electron chi connectivity index (χ4n) is 1.57. The van der Waals surface area contributed by atoms with E-state index in [0.717, 1.165) is 30.9 Å². The second-order valence-corrected chi connectivity index (χ2v) is 3.78. The molecule has 2 N–H and O–H groups in total. The van der Waals surface area contributed by atoms with Crippen molar-refractivity contribution in [3.63, 3.8) is 0 Å². The van der Waals surface area contributed by atoms with Crippen molar-refractivity contribution >= 4 is 5.69 Å². The fourth-order valence-corrected chi connectivity index (χ4v) is 1.57. The Bertz CT molecular complexity index is 385. The van der Waals surface area contributed by atoms with Gasteiger partial charge in [0.1, 0.15) is 6.07 Å². The number of para-hydroxylation sites is 1. The largest absolute Gasteiger partial charge is 0.383 e. The van der Waals surface area contributed by atoms with Crippen LogP contribution in [0.3, 0.4) is 0 Å². The number of anilines is 1. The number of nitrogens with one attached hydrogen (secondary N) is 2. The van der Waals surface area contributed by atoms with Crippen molar-refractivity contribution in [2.24, 2.45) is 0 Å². The topological polar surface area (TPSA) is 57.1 Å². The molecule has 0 saturated heterocycles. The first kappa shape index (κ1) is 13.5. The summed E-state index contributed by atoms with van der Waals surface area (Å²) in [4.78, 5) is 0. The predicted octanol–water partition coefficient (Wildman–Crippen LogP) is 1.51. The highest BCUT2D eigenvalue weighted by atomic mass is 16.5. The van der Waals surface area contributed by atoms with Gasteiger partial charge < -0.3 is 15.4 Å². The van der Waals surface area contributed by atoms with Gasteiger partial charge in [0.25, 0.3) is 0 Å². The SMILES string of the molecule is COCCNCCNc1c(C)cccc1C#N. The molecule has 0 spiro atoms. The molecule has 1 rings (SSSR count). The summed E-state index contributed by atoms with van der Waals surface area (Å²) in [5.41, 5.74) is 2.73. The molecule has 4 nitrogen and oxygen atoms in total. The average molecular weight is 233 g/mol. The van der Waals surface area contributed by atoms with E-state index >= 15 is 0 Å². The van der Waals surface area contributed by atoms with Crippen molar-refractivity contribution < 1.29 is 4.74 Å². The molecule has 4 heteroatoms. The van der Waals surface area contributed by atoms with Crippen LogP contribution in [0.2, 0.25) is 0 Å². The van der Waals surface area contributed by atoms with Gasteiger partial charge in [-0.05, 0) is 18.6 Å². The lowest BCUT2D eigenvalue weighted by Crippen LogP contribution is -2.25. The zero-order valence-corrected chi connectivity index (χ0v) is 10.4. The molecule has 0 atom stereocenters. The predicted molar refractivity (Wildman–Crippen MR) is 69.1 cm³/mol. The van der Waals surface area contributed by atoms with Crippen LogP contribution in [0.4, 0.5) is 5.69 Å². The van der Waals surface area contributed by atoms with Gasteiger partial charge in [0.2, 0.25) is 0 Å². The number of hydrogen-bond donors (Lipinski definition) is 2. The van der Waals surface area contributed by atoms with Crippen LogP contribution in [0.15, 0.2) is 18.2 Å². The van der Waals surface area contributed by atoms with E-state index in [4.69, 9.17) is 10.00 Å². The summed E-state index contributed by atoms with van der Waals surface area (Å²) in [5, 5.41) is 15.5. The smallest absolute Gasteiger partial charge is 0.101 e. The molecule has 1 aromatic rings. The van der Waals surface area contributed by atoms with E-state index in [2.05, 4.69) is 16.7 Å². The summed E-state index contributed by atoms with van der Waals surface area (Å²) >= 11 is 0. The van der Waals surface area contributed by atoms with E-state index in [0.29, 0.717) is 12.2 Å². The third-order valence-electron chi connectivity index (χ3n) is 2.48. The van der Waals surface area contributed by atoms with Crippen molar-refractivity contribution in [2.75, 3.05) is 38.7 Å². The van der Waals surface area contributed by atoms with E-state index < -0.39 is 0 Å². The number of hydrogen-bond acceptors (Lipinski definition) is 4. The molecule has 0 bridgehead atoms. The van der Waals surface area contributed by atoms with Gasteiger partial charge in [0.15, 0.2) is 0 Å². The lowest BCUT2D eigenvalue weighted by Gasteiger charge is -2.11. The minimum absolute atomic E-state index is 0.696. The molecule has 0 unspecified atom stereocenters. The van der Waals surface area contributed by atoms with E-state index in [1.165, 1.54) is 0 Å². The van der Waals surface area contributed by atoms with Crippen LogP contribution in [0.5, 0.6) is 0 Å². The normalized spacial score (nSPS) is 9.94. The van der Waals surface area contributed by atoms with Gasteiger partial charge in [-0.1, -0.05) is 12.1 Å². The highest BCUT2D eigenvalue weighted by Gasteiger charge is 2.03. The number of benzene rings is 1. The van der Waals surface area contributed by atoms with Crippen LogP contribution in [-0.2, 0) is 4.74 Å². The van der Waals surface area contributed by atoms with Crippen LogP contribution in [0, 0.1) is 18.3 Å². The molecule has 0 amide bonds. The zero-order chi connectivity index (χ0) is 12.5. The van der Waals surface area contributed by atoms with Crippen molar-refractivity contribution in [3.8, 4) is 6.07 Å². The minimum atomic E-state index is 0.696. The van der Waals surface area contributed by atoms with Gasteiger partial charge in [-0.2, -0.15) is 5.26 Å². The third-order valence-corrected chi connectivity index (χ3v) is 2.48. The lowest BCUT2D eigenvalue weighted by atomic mass is 10.1. The van der Waals surface area contributed by atoms with Crippen LogP contribution in [0.25, 0.3) is 0 Å². The molecule has 0 fully saturated rings.